The topological polar surface area (TPSA) is 195 Å². The number of alkyl halides is 3. The number of nitrogens with zero attached hydrogens (tertiary/aromatic N) is 3. The second-order valence-electron chi connectivity index (χ2n) is 20.0. The second-order valence-corrected chi connectivity index (χ2v) is 22.2. The fourth-order valence-corrected chi connectivity index (χ4v) is 10.9. The van der Waals surface area contributed by atoms with Gasteiger partial charge >= 0.3 is 12.3 Å². The zero-order chi connectivity index (χ0) is 47.3. The third-order valence-corrected chi connectivity index (χ3v) is 15.9. The summed E-state index contributed by atoms with van der Waals surface area (Å²) in [5.41, 5.74) is -5.03. The van der Waals surface area contributed by atoms with Crippen LogP contribution in [0.2, 0.25) is 0 Å². The van der Waals surface area contributed by atoms with E-state index in [1.165, 1.54) is 17.9 Å². The summed E-state index contributed by atoms with van der Waals surface area (Å²) in [6, 6.07) is 2.14. The molecule has 4 fully saturated rings. The Balaban J connectivity index is 1.11. The fourth-order valence-electron chi connectivity index (χ4n) is 9.54. The van der Waals surface area contributed by atoms with Crippen LogP contribution in [0, 0.1) is 5.92 Å². The van der Waals surface area contributed by atoms with E-state index in [-0.39, 0.29) is 49.7 Å². The zero-order valence-corrected chi connectivity index (χ0v) is 38.8. The molecule has 5 heterocycles. The molecule has 6 aliphatic rings. The lowest BCUT2D eigenvalue weighted by Gasteiger charge is -2.37. The van der Waals surface area contributed by atoms with Gasteiger partial charge in [0.15, 0.2) is 11.4 Å². The molecule has 66 heavy (non-hydrogen) atoms. The summed E-state index contributed by atoms with van der Waals surface area (Å²) in [6.45, 7) is 10.4. The van der Waals surface area contributed by atoms with Gasteiger partial charge in [-0.25, -0.2) is 18.2 Å². The van der Waals surface area contributed by atoms with E-state index < -0.39 is 90.9 Å². The zero-order valence-electron chi connectivity index (χ0n) is 38.0. The molecule has 5 atom stereocenters. The molecule has 0 unspecified atom stereocenters. The molecule has 1 aromatic carbocycles. The molecule has 4 amide bonds. The predicted octanol–water partition coefficient (Wildman–Crippen LogP) is 5.31. The minimum absolute atomic E-state index is 0.0592. The van der Waals surface area contributed by atoms with E-state index in [2.05, 4.69) is 25.2 Å². The maximum atomic E-state index is 15.0. The summed E-state index contributed by atoms with van der Waals surface area (Å²) in [7, 11) is -4.11. The largest absolute Gasteiger partial charge is 0.494 e. The third kappa shape index (κ3) is 10.2. The van der Waals surface area contributed by atoms with Crippen LogP contribution >= 0.6 is 0 Å². The number of carbonyl (C=O) groups excluding carboxylic acids is 4. The van der Waals surface area contributed by atoms with Crippen LogP contribution in [-0.4, -0.2) is 127 Å². The number of aromatic nitrogens is 1. The van der Waals surface area contributed by atoms with Gasteiger partial charge in [-0.15, -0.1) is 0 Å². The molecule has 3 N–H and O–H groups in total. The van der Waals surface area contributed by atoms with Crippen LogP contribution < -0.4 is 24.8 Å². The number of fused-ring (bicyclic) bond motifs is 5. The number of halogens is 3. The van der Waals surface area contributed by atoms with Gasteiger partial charge in [-0.3, -0.25) is 24.0 Å². The highest BCUT2D eigenvalue weighted by Crippen LogP contribution is 2.50. The number of nitrogens with one attached hydrogen (secondary N) is 3. The number of amides is 4. The first-order chi connectivity index (χ1) is 31.1. The quantitative estimate of drug-likeness (QED) is 0.217. The van der Waals surface area contributed by atoms with E-state index >= 15 is 13.2 Å². The fraction of sp³-hybridized carbons (Fsp3) is 0.674. The number of ether oxygens (including phenoxy) is 4. The van der Waals surface area contributed by atoms with Crippen molar-refractivity contribution in [2.24, 2.45) is 5.92 Å². The molecule has 0 radical (unpaired) electrons. The molecule has 362 valence electrons. The van der Waals surface area contributed by atoms with Crippen LogP contribution in [0.5, 0.6) is 11.5 Å². The molecule has 1 aromatic heterocycles. The number of hydrogen-bond acceptors (Lipinski definition) is 12. The maximum Gasteiger partial charge on any atom is 0.437 e. The van der Waals surface area contributed by atoms with E-state index in [1.54, 1.807) is 39.0 Å². The van der Waals surface area contributed by atoms with Crippen LogP contribution in [0.4, 0.5) is 18.0 Å². The smallest absolute Gasteiger partial charge is 0.437 e. The lowest BCUT2D eigenvalue weighted by Crippen LogP contribution is -2.58. The van der Waals surface area contributed by atoms with Gasteiger partial charge < -0.3 is 34.5 Å². The molecule has 2 saturated carbocycles. The van der Waals surface area contributed by atoms with Crippen molar-refractivity contribution >= 4 is 44.7 Å². The Bertz CT molecular complexity index is 2370. The highest BCUT2D eigenvalue weighted by Gasteiger charge is 2.64. The van der Waals surface area contributed by atoms with Crippen LogP contribution in [0.1, 0.15) is 110 Å². The summed E-state index contributed by atoms with van der Waals surface area (Å²) in [4.78, 5) is 64.4. The predicted molar refractivity (Wildman–Crippen MR) is 235 cm³/mol. The van der Waals surface area contributed by atoms with Crippen molar-refractivity contribution in [3.63, 3.8) is 0 Å². The van der Waals surface area contributed by atoms with Crippen molar-refractivity contribution in [2.45, 2.75) is 144 Å². The summed E-state index contributed by atoms with van der Waals surface area (Å²) in [6.07, 6.45) is 1.91. The molecule has 1 spiro atoms. The van der Waals surface area contributed by atoms with Crippen LogP contribution in [0.3, 0.4) is 0 Å². The number of carbonyl (C=O) groups is 4. The molecule has 4 aliphatic heterocycles. The van der Waals surface area contributed by atoms with Gasteiger partial charge in [-0.05, 0) is 104 Å². The van der Waals surface area contributed by atoms with Crippen molar-refractivity contribution in [3.8, 4) is 11.5 Å². The van der Waals surface area contributed by atoms with Crippen LogP contribution in [0.25, 0.3) is 10.9 Å². The van der Waals surface area contributed by atoms with Crippen LogP contribution in [-0.2, 0) is 46.5 Å². The van der Waals surface area contributed by atoms with Crippen molar-refractivity contribution in [3.05, 3.63) is 41.6 Å². The standard InChI is InChI=1S/C46H61F3N6O10S/c1-42(2,3)65-41(59)51-34-12-9-7-5-6-8-11-29-26-45(29,40(58)53-66(60,61)43(4)17-18-43)52-38(56)35-27-44(28-55(35)39(34)57)16-15-31-32-25-30(63-22-10-19-54-20-23-62-24-21-54)13-14-33(32)50-37(36(31)64-44)46(47,48)49/h8,11,13-14,25,29,34-35H,5-7,9-10,12,15-24,26-28H2,1-4H3,(H,51,59)(H,52,56)(H,53,58)/b11-8-/t29-,34+,35+,44-,45-/m1/s1. The first-order valence-electron chi connectivity index (χ1n) is 23.1. The van der Waals surface area contributed by atoms with Gasteiger partial charge in [-0.2, -0.15) is 13.2 Å². The number of alkyl carbamates (subject to hydrolysis) is 1. The Labute approximate surface area is 383 Å². The van der Waals surface area contributed by atoms with E-state index in [4.69, 9.17) is 18.9 Å². The average Bonchev–Trinajstić information content (AvgIpc) is 4.14. The van der Waals surface area contributed by atoms with Crippen molar-refractivity contribution in [1.82, 2.24) is 30.1 Å². The number of hydrogen-bond donors (Lipinski definition) is 3. The summed E-state index contributed by atoms with van der Waals surface area (Å²) >= 11 is 0. The highest BCUT2D eigenvalue weighted by atomic mass is 32.2. The normalized spacial score (nSPS) is 28.7. The number of aryl methyl sites for hydroxylation is 1. The highest BCUT2D eigenvalue weighted by molar-refractivity contribution is 7.91. The van der Waals surface area contributed by atoms with Crippen molar-refractivity contribution in [2.75, 3.05) is 46.0 Å². The Morgan fingerprint density at radius 1 is 1.05 bits per heavy atom. The summed E-state index contributed by atoms with van der Waals surface area (Å²) < 4.78 is 96.2. The molecule has 16 nitrogen and oxygen atoms in total. The molecule has 20 heteroatoms. The molecule has 8 rings (SSSR count). The SMILES string of the molecule is CC(C)(C)OC(=O)N[C@H]1CCCCC/C=C\[C@@H]2C[C@@]2(C(=O)NS(=O)(=O)C2(C)CC2)NC(=O)[C@@H]2C[C@]3(CCc4c(c(C(F)(F)F)nc5ccc(OCCCN6CCOCC6)cc45)O3)CN2C1=O. The Morgan fingerprint density at radius 3 is 2.52 bits per heavy atom. The van der Waals surface area contributed by atoms with Gasteiger partial charge in [0.2, 0.25) is 21.8 Å². The number of pyridine rings is 1. The second kappa shape index (κ2) is 18.1. The number of sulfonamides is 1. The minimum Gasteiger partial charge on any atom is -0.494 e. The first kappa shape index (κ1) is 47.8. The van der Waals surface area contributed by atoms with Gasteiger partial charge in [0.05, 0.1) is 36.6 Å². The van der Waals surface area contributed by atoms with Gasteiger partial charge in [0.25, 0.3) is 5.91 Å². The maximum absolute atomic E-state index is 15.0. The Kier molecular flexibility index (Phi) is 13.1. The Hall–Kier alpha value is -4.69. The van der Waals surface area contributed by atoms with E-state index in [1.807, 2.05) is 6.08 Å². The molecule has 2 saturated heterocycles. The third-order valence-electron chi connectivity index (χ3n) is 13.7. The average molecular weight is 947 g/mol. The first-order valence-corrected chi connectivity index (χ1v) is 24.6. The number of morpholine rings is 1. The lowest BCUT2D eigenvalue weighted by atomic mass is 9.87. The summed E-state index contributed by atoms with van der Waals surface area (Å²) in [5.74, 6) is -3.03. The van der Waals surface area contributed by atoms with Crippen LogP contribution in [0.15, 0.2) is 30.4 Å². The number of allylic oxidation sites excluding steroid dienone is 1. The van der Waals surface area contributed by atoms with E-state index in [0.717, 1.165) is 26.1 Å². The molecule has 0 bridgehead atoms. The molecular formula is C46H61F3N6O10S. The molecule has 2 aromatic rings. The Morgan fingerprint density at radius 2 is 1.80 bits per heavy atom. The summed E-state index contributed by atoms with van der Waals surface area (Å²) in [5, 5.41) is 5.91. The number of rotatable bonds is 9. The molecule has 2 aliphatic carbocycles. The lowest BCUT2D eigenvalue weighted by molar-refractivity contribution is -0.144. The van der Waals surface area contributed by atoms with E-state index in [9.17, 15) is 27.6 Å². The van der Waals surface area contributed by atoms with E-state index in [0.29, 0.717) is 69.5 Å². The van der Waals surface area contributed by atoms with Crippen molar-refractivity contribution < 1.29 is 59.7 Å². The molecular weight excluding hydrogens is 886 g/mol. The minimum atomic E-state index is -4.95. The van der Waals surface area contributed by atoms with Crippen molar-refractivity contribution in [1.29, 1.82) is 0 Å². The van der Waals surface area contributed by atoms with Gasteiger partial charge in [0, 0.05) is 42.9 Å². The monoisotopic (exact) mass is 946 g/mol. The number of benzene rings is 1. The van der Waals surface area contributed by atoms with Gasteiger partial charge in [-0.1, -0.05) is 25.0 Å². The van der Waals surface area contributed by atoms with Gasteiger partial charge in [0.1, 0.15) is 34.6 Å².